The number of carbonyl (C=O) groups excluding carboxylic acids is 1. The van der Waals surface area contributed by atoms with Crippen LogP contribution < -0.4 is 14.8 Å². The number of anilines is 1. The fourth-order valence-electron chi connectivity index (χ4n) is 2.62. The molecule has 146 valence electrons. The van der Waals surface area contributed by atoms with Gasteiger partial charge in [-0.3, -0.25) is 10.1 Å². The third-order valence-electron chi connectivity index (χ3n) is 4.07. The SMILES string of the molecule is O=C(COc1ccc(OCc2ccccc2)cc1)Nc1nc(-c2ccc[nH]2)cs1. The summed E-state index contributed by atoms with van der Waals surface area (Å²) in [6.45, 7) is 0.406. The maximum atomic E-state index is 12.1. The minimum Gasteiger partial charge on any atom is -0.489 e. The fourth-order valence-corrected chi connectivity index (χ4v) is 3.35. The van der Waals surface area contributed by atoms with E-state index in [9.17, 15) is 4.79 Å². The standard InChI is InChI=1S/C22H19N3O3S/c26-21(25-22-24-20(15-29-22)19-7-4-12-23-19)14-28-18-10-8-17(9-11-18)27-13-16-5-2-1-3-6-16/h1-12,15,23H,13-14H2,(H,24,25,26). The molecular weight excluding hydrogens is 386 g/mol. The number of aromatic nitrogens is 2. The highest BCUT2D eigenvalue weighted by molar-refractivity contribution is 7.14. The molecule has 1 amide bonds. The van der Waals surface area contributed by atoms with Crippen molar-refractivity contribution in [3.63, 3.8) is 0 Å². The third kappa shape index (κ3) is 5.24. The van der Waals surface area contributed by atoms with E-state index in [2.05, 4.69) is 15.3 Å². The van der Waals surface area contributed by atoms with E-state index in [1.807, 2.05) is 66.2 Å². The highest BCUT2D eigenvalue weighted by Crippen LogP contribution is 2.23. The van der Waals surface area contributed by atoms with Crippen LogP contribution in [0.25, 0.3) is 11.4 Å². The first-order valence-electron chi connectivity index (χ1n) is 9.05. The van der Waals surface area contributed by atoms with Gasteiger partial charge in [-0.1, -0.05) is 30.3 Å². The van der Waals surface area contributed by atoms with E-state index in [0.717, 1.165) is 22.7 Å². The zero-order valence-corrected chi connectivity index (χ0v) is 16.3. The molecular formula is C22H19N3O3S. The first-order chi connectivity index (χ1) is 14.3. The molecule has 7 heteroatoms. The highest BCUT2D eigenvalue weighted by Gasteiger charge is 2.09. The minimum atomic E-state index is -0.262. The fraction of sp³-hybridized carbons (Fsp3) is 0.0909. The Kier molecular flexibility index (Phi) is 5.87. The van der Waals surface area contributed by atoms with Crippen LogP contribution >= 0.6 is 11.3 Å². The van der Waals surface area contributed by atoms with E-state index in [-0.39, 0.29) is 12.5 Å². The van der Waals surface area contributed by atoms with Gasteiger partial charge in [0.1, 0.15) is 18.1 Å². The van der Waals surface area contributed by atoms with Crippen molar-refractivity contribution in [1.82, 2.24) is 9.97 Å². The number of H-pyrrole nitrogens is 1. The van der Waals surface area contributed by atoms with Crippen LogP contribution in [-0.4, -0.2) is 22.5 Å². The van der Waals surface area contributed by atoms with Crippen molar-refractivity contribution in [2.24, 2.45) is 0 Å². The first kappa shape index (κ1) is 18.8. The summed E-state index contributed by atoms with van der Waals surface area (Å²) in [5.41, 5.74) is 2.81. The number of hydrogen-bond donors (Lipinski definition) is 2. The van der Waals surface area contributed by atoms with Crippen LogP contribution in [0.2, 0.25) is 0 Å². The zero-order valence-electron chi connectivity index (χ0n) is 15.5. The molecule has 0 saturated carbocycles. The van der Waals surface area contributed by atoms with Crippen LogP contribution in [0, 0.1) is 0 Å². The molecule has 29 heavy (non-hydrogen) atoms. The van der Waals surface area contributed by atoms with Crippen molar-refractivity contribution < 1.29 is 14.3 Å². The summed E-state index contributed by atoms with van der Waals surface area (Å²) < 4.78 is 11.3. The van der Waals surface area contributed by atoms with E-state index in [1.165, 1.54) is 11.3 Å². The van der Waals surface area contributed by atoms with Gasteiger partial charge in [-0.25, -0.2) is 4.98 Å². The molecule has 0 radical (unpaired) electrons. The van der Waals surface area contributed by atoms with E-state index in [1.54, 1.807) is 12.1 Å². The Hall–Kier alpha value is -3.58. The Morgan fingerprint density at radius 2 is 1.72 bits per heavy atom. The lowest BCUT2D eigenvalue weighted by atomic mass is 10.2. The topological polar surface area (TPSA) is 76.2 Å². The van der Waals surface area contributed by atoms with Gasteiger partial charge in [0, 0.05) is 11.6 Å². The monoisotopic (exact) mass is 405 g/mol. The molecule has 0 atom stereocenters. The molecule has 0 fully saturated rings. The number of hydrogen-bond acceptors (Lipinski definition) is 5. The molecule has 0 unspecified atom stereocenters. The summed E-state index contributed by atoms with van der Waals surface area (Å²) in [5, 5.41) is 5.17. The molecule has 6 nitrogen and oxygen atoms in total. The lowest BCUT2D eigenvalue weighted by Crippen LogP contribution is -2.20. The second-order valence-corrected chi connectivity index (χ2v) is 7.06. The lowest BCUT2D eigenvalue weighted by molar-refractivity contribution is -0.118. The molecule has 0 spiro atoms. The van der Waals surface area contributed by atoms with Gasteiger partial charge in [0.2, 0.25) is 0 Å². The van der Waals surface area contributed by atoms with Crippen LogP contribution in [0.15, 0.2) is 78.3 Å². The van der Waals surface area contributed by atoms with E-state index < -0.39 is 0 Å². The number of nitrogens with one attached hydrogen (secondary N) is 2. The number of ether oxygens (including phenoxy) is 2. The van der Waals surface area contributed by atoms with Crippen LogP contribution in [0.4, 0.5) is 5.13 Å². The number of benzene rings is 2. The molecule has 2 N–H and O–H groups in total. The van der Waals surface area contributed by atoms with E-state index in [4.69, 9.17) is 9.47 Å². The van der Waals surface area contributed by atoms with Gasteiger partial charge < -0.3 is 14.5 Å². The van der Waals surface area contributed by atoms with Gasteiger partial charge in [0.25, 0.3) is 5.91 Å². The number of aromatic amines is 1. The lowest BCUT2D eigenvalue weighted by Gasteiger charge is -2.08. The maximum absolute atomic E-state index is 12.1. The van der Waals surface area contributed by atoms with Crippen molar-refractivity contribution >= 4 is 22.4 Å². The highest BCUT2D eigenvalue weighted by atomic mass is 32.1. The van der Waals surface area contributed by atoms with Crippen LogP contribution in [-0.2, 0) is 11.4 Å². The summed E-state index contributed by atoms with van der Waals surface area (Å²) in [4.78, 5) is 19.6. The van der Waals surface area contributed by atoms with Crippen molar-refractivity contribution in [2.45, 2.75) is 6.61 Å². The minimum absolute atomic E-state index is 0.0956. The second kappa shape index (κ2) is 9.07. The average Bonchev–Trinajstić information content (AvgIpc) is 3.44. The van der Waals surface area contributed by atoms with Crippen molar-refractivity contribution in [3.05, 3.63) is 83.9 Å². The Balaban J connectivity index is 1.24. The Labute approximate surface area is 172 Å². The summed E-state index contributed by atoms with van der Waals surface area (Å²) in [6, 6.07) is 21.0. The van der Waals surface area contributed by atoms with Crippen LogP contribution in [0.1, 0.15) is 5.56 Å². The van der Waals surface area contributed by atoms with E-state index in [0.29, 0.717) is 17.5 Å². The number of carbonyl (C=O) groups is 1. The van der Waals surface area contributed by atoms with Crippen molar-refractivity contribution in [3.8, 4) is 22.9 Å². The smallest absolute Gasteiger partial charge is 0.264 e. The number of nitrogens with zero attached hydrogens (tertiary/aromatic N) is 1. The average molecular weight is 405 g/mol. The van der Waals surface area contributed by atoms with Crippen molar-refractivity contribution in [2.75, 3.05) is 11.9 Å². The predicted molar refractivity (Wildman–Crippen MR) is 113 cm³/mol. The molecule has 4 rings (SSSR count). The molecule has 0 aliphatic heterocycles. The van der Waals surface area contributed by atoms with Crippen LogP contribution in [0.3, 0.4) is 0 Å². The quantitative estimate of drug-likeness (QED) is 0.444. The van der Waals surface area contributed by atoms with Crippen molar-refractivity contribution in [1.29, 1.82) is 0 Å². The first-order valence-corrected chi connectivity index (χ1v) is 9.93. The molecule has 0 saturated heterocycles. The van der Waals surface area contributed by atoms with Gasteiger partial charge >= 0.3 is 0 Å². The van der Waals surface area contributed by atoms with Gasteiger partial charge in [-0.2, -0.15) is 0 Å². The Morgan fingerprint density at radius 3 is 2.45 bits per heavy atom. The Bertz CT molecular complexity index is 1040. The number of amides is 1. The molecule has 2 heterocycles. The summed E-state index contributed by atoms with van der Waals surface area (Å²) in [7, 11) is 0. The maximum Gasteiger partial charge on any atom is 0.264 e. The summed E-state index contributed by atoms with van der Waals surface area (Å²) >= 11 is 1.37. The summed E-state index contributed by atoms with van der Waals surface area (Å²) in [6.07, 6.45) is 1.83. The van der Waals surface area contributed by atoms with Gasteiger partial charge in [-0.05, 0) is 42.0 Å². The van der Waals surface area contributed by atoms with Crippen LogP contribution in [0.5, 0.6) is 11.5 Å². The molecule has 0 aliphatic carbocycles. The number of thiazole rings is 1. The molecule has 2 aromatic carbocycles. The van der Waals surface area contributed by atoms with E-state index >= 15 is 0 Å². The largest absolute Gasteiger partial charge is 0.489 e. The zero-order chi connectivity index (χ0) is 19.9. The molecule has 2 aromatic heterocycles. The third-order valence-corrected chi connectivity index (χ3v) is 4.82. The normalized spacial score (nSPS) is 10.5. The molecule has 0 bridgehead atoms. The van der Waals surface area contributed by atoms with Gasteiger partial charge in [0.05, 0.1) is 11.4 Å². The summed E-state index contributed by atoms with van der Waals surface area (Å²) in [5.74, 6) is 1.07. The van der Waals surface area contributed by atoms with Gasteiger partial charge in [0.15, 0.2) is 11.7 Å². The number of rotatable bonds is 8. The Morgan fingerprint density at radius 1 is 0.966 bits per heavy atom. The predicted octanol–water partition coefficient (Wildman–Crippen LogP) is 4.73. The molecule has 0 aliphatic rings. The molecule has 4 aromatic rings. The van der Waals surface area contributed by atoms with Gasteiger partial charge in [-0.15, -0.1) is 11.3 Å². The second-order valence-electron chi connectivity index (χ2n) is 6.20.